The van der Waals surface area contributed by atoms with E-state index in [0.717, 1.165) is 12.8 Å². The molecule has 5 nitrogen and oxygen atoms in total. The maximum Gasteiger partial charge on any atom is 0.243 e. The third-order valence-electron chi connectivity index (χ3n) is 4.23. The summed E-state index contributed by atoms with van der Waals surface area (Å²) in [6, 6.07) is 6.14. The van der Waals surface area contributed by atoms with Crippen LogP contribution in [0.5, 0.6) is 0 Å². The summed E-state index contributed by atoms with van der Waals surface area (Å²) < 4.78 is 26.9. The molecular formula is C17H25ClN2O3S. The fourth-order valence-corrected chi connectivity index (χ4v) is 4.41. The molecule has 1 aromatic carbocycles. The van der Waals surface area contributed by atoms with Gasteiger partial charge in [0.15, 0.2) is 0 Å². The van der Waals surface area contributed by atoms with Crippen molar-refractivity contribution in [1.29, 1.82) is 0 Å². The lowest BCUT2D eigenvalue weighted by molar-refractivity contribution is -0.126. The molecule has 0 radical (unpaired) electrons. The lowest BCUT2D eigenvalue weighted by Crippen LogP contribution is -2.45. The van der Waals surface area contributed by atoms with E-state index in [2.05, 4.69) is 19.2 Å². The lowest BCUT2D eigenvalue weighted by atomic mass is 9.98. The van der Waals surface area contributed by atoms with Gasteiger partial charge in [0.1, 0.15) is 0 Å². The molecule has 0 saturated carbocycles. The first-order valence-corrected chi connectivity index (χ1v) is 10.2. The molecule has 0 aliphatic carbocycles. The molecule has 0 aromatic heterocycles. The van der Waals surface area contributed by atoms with E-state index in [1.165, 1.54) is 16.4 Å². The SMILES string of the molecule is CC(C)CCNC(=O)[C@H]1CCCN(S(=O)(=O)c2ccc(Cl)cc2)C1. The molecule has 1 aromatic rings. The molecule has 0 unspecified atom stereocenters. The highest BCUT2D eigenvalue weighted by molar-refractivity contribution is 7.89. The van der Waals surface area contributed by atoms with Gasteiger partial charge in [-0.3, -0.25) is 4.79 Å². The highest BCUT2D eigenvalue weighted by atomic mass is 35.5. The maximum atomic E-state index is 12.7. The van der Waals surface area contributed by atoms with Gasteiger partial charge in [-0.1, -0.05) is 25.4 Å². The highest BCUT2D eigenvalue weighted by Gasteiger charge is 2.33. The van der Waals surface area contributed by atoms with Crippen LogP contribution in [-0.4, -0.2) is 38.3 Å². The van der Waals surface area contributed by atoms with E-state index in [-0.39, 0.29) is 23.3 Å². The Kier molecular flexibility index (Phi) is 6.66. The minimum atomic E-state index is -3.58. The topological polar surface area (TPSA) is 66.5 Å². The quantitative estimate of drug-likeness (QED) is 0.834. The third kappa shape index (κ3) is 4.94. The van der Waals surface area contributed by atoms with Crippen LogP contribution in [0, 0.1) is 11.8 Å². The molecule has 1 amide bonds. The molecule has 0 bridgehead atoms. The number of nitrogens with zero attached hydrogens (tertiary/aromatic N) is 1. The summed E-state index contributed by atoms with van der Waals surface area (Å²) in [6.45, 7) is 5.52. The largest absolute Gasteiger partial charge is 0.356 e. The first kappa shape index (κ1) is 19.2. The van der Waals surface area contributed by atoms with Gasteiger partial charge in [0.2, 0.25) is 15.9 Å². The zero-order valence-electron chi connectivity index (χ0n) is 14.2. The summed E-state index contributed by atoms with van der Waals surface area (Å²) in [5.41, 5.74) is 0. The summed E-state index contributed by atoms with van der Waals surface area (Å²) in [5, 5.41) is 3.42. The van der Waals surface area contributed by atoms with Gasteiger partial charge in [-0.15, -0.1) is 0 Å². The Hall–Kier alpha value is -1.11. The van der Waals surface area contributed by atoms with E-state index in [1.54, 1.807) is 12.1 Å². The lowest BCUT2D eigenvalue weighted by Gasteiger charge is -2.31. The van der Waals surface area contributed by atoms with E-state index in [0.29, 0.717) is 30.5 Å². The summed E-state index contributed by atoms with van der Waals surface area (Å²) in [7, 11) is -3.58. The number of benzene rings is 1. The van der Waals surface area contributed by atoms with Crippen molar-refractivity contribution in [2.75, 3.05) is 19.6 Å². The Bertz CT molecular complexity index is 659. The summed E-state index contributed by atoms with van der Waals surface area (Å²) in [5.74, 6) is 0.193. The number of sulfonamides is 1. The number of halogens is 1. The molecule has 1 fully saturated rings. The number of hydrogen-bond acceptors (Lipinski definition) is 3. The molecule has 0 spiro atoms. The molecule has 24 heavy (non-hydrogen) atoms. The second kappa shape index (κ2) is 8.32. The number of rotatable bonds is 6. The van der Waals surface area contributed by atoms with Gasteiger partial charge in [0.05, 0.1) is 10.8 Å². The van der Waals surface area contributed by atoms with Crippen LogP contribution in [0.4, 0.5) is 0 Å². The van der Waals surface area contributed by atoms with Crippen molar-refractivity contribution in [2.24, 2.45) is 11.8 Å². The summed E-state index contributed by atoms with van der Waals surface area (Å²) >= 11 is 5.82. The second-order valence-electron chi connectivity index (χ2n) is 6.63. The number of hydrogen-bond donors (Lipinski definition) is 1. The second-order valence-corrected chi connectivity index (χ2v) is 9.00. The van der Waals surface area contributed by atoms with E-state index >= 15 is 0 Å². The average Bonchev–Trinajstić information content (AvgIpc) is 2.55. The number of amides is 1. The Morgan fingerprint density at radius 3 is 2.62 bits per heavy atom. The Morgan fingerprint density at radius 1 is 1.33 bits per heavy atom. The van der Waals surface area contributed by atoms with Gasteiger partial charge in [0, 0.05) is 24.7 Å². The van der Waals surface area contributed by atoms with Crippen molar-refractivity contribution in [1.82, 2.24) is 9.62 Å². The summed E-state index contributed by atoms with van der Waals surface area (Å²) in [6.07, 6.45) is 2.33. The summed E-state index contributed by atoms with van der Waals surface area (Å²) in [4.78, 5) is 12.5. The van der Waals surface area contributed by atoms with Crippen LogP contribution in [0.2, 0.25) is 5.02 Å². The van der Waals surface area contributed by atoms with Gasteiger partial charge in [-0.25, -0.2) is 8.42 Å². The van der Waals surface area contributed by atoms with Crippen LogP contribution >= 0.6 is 11.6 Å². The molecule has 1 N–H and O–H groups in total. The molecule has 1 aliphatic heterocycles. The Balaban J connectivity index is 2.01. The van der Waals surface area contributed by atoms with Crippen molar-refractivity contribution < 1.29 is 13.2 Å². The van der Waals surface area contributed by atoms with Gasteiger partial charge < -0.3 is 5.32 Å². The maximum absolute atomic E-state index is 12.7. The van der Waals surface area contributed by atoms with Crippen LogP contribution < -0.4 is 5.32 Å². The minimum absolute atomic E-state index is 0.0494. The normalized spacial score (nSPS) is 19.4. The molecule has 1 aliphatic rings. The Morgan fingerprint density at radius 2 is 2.00 bits per heavy atom. The van der Waals surface area contributed by atoms with E-state index in [9.17, 15) is 13.2 Å². The fraction of sp³-hybridized carbons (Fsp3) is 0.588. The van der Waals surface area contributed by atoms with Gasteiger partial charge in [-0.05, 0) is 49.4 Å². The van der Waals surface area contributed by atoms with Crippen molar-refractivity contribution in [3.8, 4) is 0 Å². The zero-order valence-corrected chi connectivity index (χ0v) is 15.7. The molecular weight excluding hydrogens is 348 g/mol. The van der Waals surface area contributed by atoms with Crippen molar-refractivity contribution in [3.63, 3.8) is 0 Å². The molecule has 1 saturated heterocycles. The van der Waals surface area contributed by atoms with Crippen LogP contribution in [0.3, 0.4) is 0 Å². The number of carbonyl (C=O) groups is 1. The Labute approximate surface area is 149 Å². The molecule has 134 valence electrons. The molecule has 1 heterocycles. The zero-order chi connectivity index (χ0) is 17.7. The van der Waals surface area contributed by atoms with Crippen LogP contribution in [0.1, 0.15) is 33.1 Å². The van der Waals surface area contributed by atoms with Crippen LogP contribution in [-0.2, 0) is 14.8 Å². The number of piperidine rings is 1. The highest BCUT2D eigenvalue weighted by Crippen LogP contribution is 2.24. The molecule has 2 rings (SSSR count). The van der Waals surface area contributed by atoms with Crippen LogP contribution in [0.15, 0.2) is 29.2 Å². The standard InChI is InChI=1S/C17H25ClN2O3S/c1-13(2)9-10-19-17(21)14-4-3-11-20(12-14)24(22,23)16-7-5-15(18)6-8-16/h5-8,13-14H,3-4,9-12H2,1-2H3,(H,19,21)/t14-/m0/s1. The van der Waals surface area contributed by atoms with Crippen molar-refractivity contribution in [3.05, 3.63) is 29.3 Å². The van der Waals surface area contributed by atoms with Gasteiger partial charge in [0.25, 0.3) is 0 Å². The van der Waals surface area contributed by atoms with E-state index in [4.69, 9.17) is 11.6 Å². The minimum Gasteiger partial charge on any atom is -0.356 e. The smallest absolute Gasteiger partial charge is 0.243 e. The van der Waals surface area contributed by atoms with Crippen molar-refractivity contribution in [2.45, 2.75) is 38.0 Å². The van der Waals surface area contributed by atoms with E-state index in [1.807, 2.05) is 0 Å². The van der Waals surface area contributed by atoms with Gasteiger partial charge in [-0.2, -0.15) is 4.31 Å². The monoisotopic (exact) mass is 372 g/mol. The fourth-order valence-electron chi connectivity index (χ4n) is 2.76. The predicted molar refractivity (Wildman–Crippen MR) is 95.4 cm³/mol. The first-order valence-electron chi connectivity index (χ1n) is 8.34. The van der Waals surface area contributed by atoms with Gasteiger partial charge >= 0.3 is 0 Å². The first-order chi connectivity index (χ1) is 11.3. The number of nitrogens with one attached hydrogen (secondary N) is 1. The van der Waals surface area contributed by atoms with Crippen LogP contribution in [0.25, 0.3) is 0 Å². The third-order valence-corrected chi connectivity index (χ3v) is 6.36. The average molecular weight is 373 g/mol. The van der Waals surface area contributed by atoms with E-state index < -0.39 is 10.0 Å². The molecule has 7 heteroatoms. The predicted octanol–water partition coefficient (Wildman–Crippen LogP) is 2.90. The molecule has 1 atom stereocenters. The van der Waals surface area contributed by atoms with Crippen molar-refractivity contribution >= 4 is 27.5 Å². The number of carbonyl (C=O) groups excluding carboxylic acids is 1.